The molecule has 0 spiro atoms. The van der Waals surface area contributed by atoms with Crippen molar-refractivity contribution in [2.24, 2.45) is 0 Å². The number of fused-ring (bicyclic) bond motifs is 8. The molecule has 2 nitrogen and oxygen atoms in total. The van der Waals surface area contributed by atoms with E-state index >= 15 is 0 Å². The first-order valence-corrected chi connectivity index (χ1v) is 13.4. The Kier molecular flexibility index (Phi) is 4.24. The Morgan fingerprint density at radius 1 is 0.421 bits per heavy atom. The van der Waals surface area contributed by atoms with Crippen LogP contribution in [0.3, 0.4) is 0 Å². The standard InChI is InChI=1S/C36H28N2/c1-36(2,3)38-32-16-10-9-15-28(32)30-21-34-31(22-35(30)38)29-19-25-17-23-11-7-8-12-24(23)18-26(25)20-33(29)37(34)27-13-5-4-6-14-27/h4-22H,1-3H3. The van der Waals surface area contributed by atoms with Gasteiger partial charge in [0.1, 0.15) is 0 Å². The normalized spacial score (nSPS) is 12.6. The van der Waals surface area contributed by atoms with Crippen molar-refractivity contribution in [1.29, 1.82) is 0 Å². The molecule has 0 atom stereocenters. The number of para-hydroxylation sites is 2. The van der Waals surface area contributed by atoms with Crippen LogP contribution >= 0.6 is 0 Å². The van der Waals surface area contributed by atoms with Crippen LogP contribution in [0.4, 0.5) is 0 Å². The third kappa shape index (κ3) is 2.95. The third-order valence-electron chi connectivity index (χ3n) is 8.07. The molecule has 0 aliphatic carbocycles. The molecule has 0 N–H and O–H groups in total. The summed E-state index contributed by atoms with van der Waals surface area (Å²) in [6.45, 7) is 6.90. The molecule has 8 rings (SSSR count). The van der Waals surface area contributed by atoms with Crippen LogP contribution in [0.5, 0.6) is 0 Å². The largest absolute Gasteiger partial charge is 0.335 e. The summed E-state index contributed by atoms with van der Waals surface area (Å²) >= 11 is 0. The van der Waals surface area contributed by atoms with Crippen LogP contribution in [-0.4, -0.2) is 9.13 Å². The van der Waals surface area contributed by atoms with Gasteiger partial charge in [0, 0.05) is 38.3 Å². The Balaban J connectivity index is 1.60. The van der Waals surface area contributed by atoms with Crippen molar-refractivity contribution in [1.82, 2.24) is 9.13 Å². The second kappa shape index (κ2) is 7.49. The van der Waals surface area contributed by atoms with Gasteiger partial charge in [-0.15, -0.1) is 0 Å². The molecule has 38 heavy (non-hydrogen) atoms. The van der Waals surface area contributed by atoms with Gasteiger partial charge in [-0.3, -0.25) is 0 Å². The average molecular weight is 489 g/mol. The van der Waals surface area contributed by atoms with E-state index in [9.17, 15) is 0 Å². The van der Waals surface area contributed by atoms with E-state index in [1.165, 1.54) is 70.8 Å². The summed E-state index contributed by atoms with van der Waals surface area (Å²) in [4.78, 5) is 0. The lowest BCUT2D eigenvalue weighted by atomic mass is 10.0. The number of aromatic nitrogens is 2. The first-order valence-electron chi connectivity index (χ1n) is 13.4. The van der Waals surface area contributed by atoms with Crippen molar-refractivity contribution in [2.45, 2.75) is 26.3 Å². The van der Waals surface area contributed by atoms with Gasteiger partial charge in [0.25, 0.3) is 0 Å². The second-order valence-corrected chi connectivity index (χ2v) is 11.5. The lowest BCUT2D eigenvalue weighted by molar-refractivity contribution is 0.423. The molecule has 2 heterocycles. The molecule has 0 saturated heterocycles. The molecule has 0 amide bonds. The number of hydrogen-bond acceptors (Lipinski definition) is 0. The minimum atomic E-state index is -0.0432. The predicted octanol–water partition coefficient (Wildman–Crippen LogP) is 9.95. The molecule has 8 aromatic rings. The molecule has 2 aromatic heterocycles. The predicted molar refractivity (Wildman–Crippen MR) is 164 cm³/mol. The van der Waals surface area contributed by atoms with Gasteiger partial charge in [0.2, 0.25) is 0 Å². The van der Waals surface area contributed by atoms with Gasteiger partial charge >= 0.3 is 0 Å². The van der Waals surface area contributed by atoms with E-state index in [1.807, 2.05) is 0 Å². The van der Waals surface area contributed by atoms with Crippen LogP contribution in [-0.2, 0) is 5.54 Å². The minimum absolute atomic E-state index is 0.0432. The van der Waals surface area contributed by atoms with Gasteiger partial charge < -0.3 is 9.13 Å². The fraction of sp³-hybridized carbons (Fsp3) is 0.111. The highest BCUT2D eigenvalue weighted by molar-refractivity contribution is 6.20. The van der Waals surface area contributed by atoms with Crippen molar-refractivity contribution in [2.75, 3.05) is 0 Å². The first-order chi connectivity index (χ1) is 18.5. The van der Waals surface area contributed by atoms with E-state index in [2.05, 4.69) is 145 Å². The third-order valence-corrected chi connectivity index (χ3v) is 8.07. The molecule has 6 aromatic carbocycles. The number of benzene rings is 6. The maximum Gasteiger partial charge on any atom is 0.0548 e. The summed E-state index contributed by atoms with van der Waals surface area (Å²) in [6.07, 6.45) is 0. The van der Waals surface area contributed by atoms with Crippen molar-refractivity contribution >= 4 is 65.2 Å². The Hall–Kier alpha value is -4.56. The van der Waals surface area contributed by atoms with E-state index < -0.39 is 0 Å². The van der Waals surface area contributed by atoms with Crippen LogP contribution in [0.2, 0.25) is 0 Å². The smallest absolute Gasteiger partial charge is 0.0548 e. The summed E-state index contributed by atoms with van der Waals surface area (Å²) in [6, 6.07) is 42.6. The molecule has 0 aliphatic rings. The molecule has 0 unspecified atom stereocenters. The van der Waals surface area contributed by atoms with Crippen LogP contribution in [0.15, 0.2) is 115 Å². The number of hydrogen-bond donors (Lipinski definition) is 0. The van der Waals surface area contributed by atoms with Crippen molar-refractivity contribution < 1.29 is 0 Å². The van der Waals surface area contributed by atoms with Gasteiger partial charge in [-0.05, 0) is 96.9 Å². The zero-order chi connectivity index (χ0) is 25.6. The maximum absolute atomic E-state index is 2.51. The van der Waals surface area contributed by atoms with Crippen LogP contribution in [0.25, 0.3) is 70.8 Å². The van der Waals surface area contributed by atoms with E-state index in [1.54, 1.807) is 0 Å². The highest BCUT2D eigenvalue weighted by Crippen LogP contribution is 2.41. The van der Waals surface area contributed by atoms with Crippen LogP contribution in [0, 0.1) is 0 Å². The molecule has 2 heteroatoms. The SMILES string of the molecule is CC(C)(C)n1c2ccccc2c2cc3c(cc21)c1cc2cc4ccccc4cc2cc1n3-c1ccccc1. The van der Waals surface area contributed by atoms with Gasteiger partial charge in [0.15, 0.2) is 0 Å². The quantitative estimate of drug-likeness (QED) is 0.203. The summed E-state index contributed by atoms with van der Waals surface area (Å²) in [5, 5.41) is 10.3. The summed E-state index contributed by atoms with van der Waals surface area (Å²) in [5.41, 5.74) is 6.21. The van der Waals surface area contributed by atoms with Gasteiger partial charge in [-0.1, -0.05) is 60.7 Å². The van der Waals surface area contributed by atoms with Gasteiger partial charge in [-0.25, -0.2) is 0 Å². The topological polar surface area (TPSA) is 9.86 Å². The molecule has 182 valence electrons. The monoisotopic (exact) mass is 488 g/mol. The summed E-state index contributed by atoms with van der Waals surface area (Å²) in [7, 11) is 0. The number of nitrogens with zero attached hydrogens (tertiary/aromatic N) is 2. The van der Waals surface area contributed by atoms with Crippen molar-refractivity contribution in [3.63, 3.8) is 0 Å². The van der Waals surface area contributed by atoms with Gasteiger partial charge in [-0.2, -0.15) is 0 Å². The Morgan fingerprint density at radius 3 is 1.71 bits per heavy atom. The molecular weight excluding hydrogens is 460 g/mol. The second-order valence-electron chi connectivity index (χ2n) is 11.5. The molecule has 0 radical (unpaired) electrons. The number of rotatable bonds is 1. The Morgan fingerprint density at radius 2 is 0.974 bits per heavy atom. The lowest BCUT2D eigenvalue weighted by Gasteiger charge is -2.24. The van der Waals surface area contributed by atoms with E-state index in [4.69, 9.17) is 0 Å². The summed E-state index contributed by atoms with van der Waals surface area (Å²) in [5.74, 6) is 0. The van der Waals surface area contributed by atoms with Crippen molar-refractivity contribution in [3.8, 4) is 5.69 Å². The highest BCUT2D eigenvalue weighted by Gasteiger charge is 2.23. The summed E-state index contributed by atoms with van der Waals surface area (Å²) < 4.78 is 4.96. The maximum atomic E-state index is 2.51. The Bertz CT molecular complexity index is 2200. The molecule has 0 fully saturated rings. The first kappa shape index (κ1) is 21.5. The van der Waals surface area contributed by atoms with E-state index in [-0.39, 0.29) is 5.54 Å². The Labute approximate surface area is 221 Å². The fourth-order valence-corrected chi connectivity index (χ4v) is 6.49. The molecular formula is C36H28N2. The van der Waals surface area contributed by atoms with Crippen LogP contribution in [0.1, 0.15) is 20.8 Å². The van der Waals surface area contributed by atoms with E-state index in [0.29, 0.717) is 0 Å². The van der Waals surface area contributed by atoms with E-state index in [0.717, 1.165) is 0 Å². The lowest BCUT2D eigenvalue weighted by Crippen LogP contribution is -2.21. The van der Waals surface area contributed by atoms with Crippen LogP contribution < -0.4 is 0 Å². The van der Waals surface area contributed by atoms with Crippen molar-refractivity contribution in [3.05, 3.63) is 115 Å². The zero-order valence-electron chi connectivity index (χ0n) is 21.9. The minimum Gasteiger partial charge on any atom is -0.335 e. The molecule has 0 saturated carbocycles. The fourth-order valence-electron chi connectivity index (χ4n) is 6.49. The van der Waals surface area contributed by atoms with Gasteiger partial charge in [0.05, 0.1) is 16.6 Å². The average Bonchev–Trinajstić information content (AvgIpc) is 3.41. The zero-order valence-corrected chi connectivity index (χ0v) is 21.9. The molecule has 0 aliphatic heterocycles. The highest BCUT2D eigenvalue weighted by atomic mass is 15.1. The molecule has 0 bridgehead atoms.